The second kappa shape index (κ2) is 9.26. The Hall–Kier alpha value is -1.93. The van der Waals surface area contributed by atoms with E-state index >= 15 is 0 Å². The summed E-state index contributed by atoms with van der Waals surface area (Å²) in [5.74, 6) is -3.71. The Balaban J connectivity index is 0.000000379. The maximum absolute atomic E-state index is 11.1. The van der Waals surface area contributed by atoms with Crippen LogP contribution >= 0.6 is 15.9 Å². The average Bonchev–Trinajstić information content (AvgIpc) is 2.50. The minimum atomic E-state index is -1.82. The van der Waals surface area contributed by atoms with Crippen molar-refractivity contribution in [3.05, 3.63) is 34.3 Å². The second-order valence-electron chi connectivity index (χ2n) is 5.19. The zero-order valence-electron chi connectivity index (χ0n) is 12.4. The maximum atomic E-state index is 11.1. The number of piperidine rings is 1. The zero-order valence-corrected chi connectivity index (χ0v) is 14.0. The van der Waals surface area contributed by atoms with E-state index in [1.165, 1.54) is 5.56 Å². The molecule has 0 unspecified atom stereocenters. The molecule has 0 atom stereocenters. The molecule has 1 aromatic rings. The number of nitrogens with two attached hydrogens (primary N) is 1. The van der Waals surface area contributed by atoms with Crippen molar-refractivity contribution in [2.24, 2.45) is 11.7 Å². The number of likely N-dealkylation sites (tertiary alicyclic amines) is 1. The predicted octanol–water partition coefficient (Wildman–Crippen LogP) is 1.30. The third-order valence-electron chi connectivity index (χ3n) is 3.49. The predicted molar refractivity (Wildman–Crippen MR) is 86.6 cm³/mol. The van der Waals surface area contributed by atoms with Crippen molar-refractivity contribution in [3.8, 4) is 0 Å². The first-order valence-corrected chi connectivity index (χ1v) is 7.81. The number of carboxylic acid groups (broad SMARTS) is 2. The molecule has 1 heterocycles. The molecule has 1 fully saturated rings. The van der Waals surface area contributed by atoms with Crippen LogP contribution < -0.4 is 5.73 Å². The molecule has 126 valence electrons. The van der Waals surface area contributed by atoms with Gasteiger partial charge in [0.1, 0.15) is 0 Å². The van der Waals surface area contributed by atoms with Gasteiger partial charge in [0.2, 0.25) is 5.91 Å². The molecule has 0 aliphatic carbocycles. The third-order valence-corrected chi connectivity index (χ3v) is 4.02. The fourth-order valence-corrected chi connectivity index (χ4v) is 2.49. The molecule has 0 saturated carbocycles. The van der Waals surface area contributed by atoms with Gasteiger partial charge in [0.25, 0.3) is 0 Å². The first kappa shape index (κ1) is 19.1. The van der Waals surface area contributed by atoms with E-state index in [1.54, 1.807) is 0 Å². The number of aliphatic carboxylic acids is 2. The monoisotopic (exact) mass is 386 g/mol. The lowest BCUT2D eigenvalue weighted by Gasteiger charge is -2.30. The summed E-state index contributed by atoms with van der Waals surface area (Å²) in [5.41, 5.74) is 6.63. The van der Waals surface area contributed by atoms with Gasteiger partial charge < -0.3 is 15.9 Å². The molecule has 23 heavy (non-hydrogen) atoms. The largest absolute Gasteiger partial charge is 0.473 e. The molecular weight excluding hydrogens is 368 g/mol. The fourth-order valence-electron chi connectivity index (χ4n) is 2.22. The number of carbonyl (C=O) groups excluding carboxylic acids is 1. The number of halogens is 1. The van der Waals surface area contributed by atoms with Gasteiger partial charge in [-0.3, -0.25) is 9.69 Å². The third kappa shape index (κ3) is 7.25. The van der Waals surface area contributed by atoms with E-state index in [-0.39, 0.29) is 11.8 Å². The second-order valence-corrected chi connectivity index (χ2v) is 6.11. The highest BCUT2D eigenvalue weighted by Gasteiger charge is 2.22. The van der Waals surface area contributed by atoms with Crippen molar-refractivity contribution in [2.75, 3.05) is 13.1 Å². The highest BCUT2D eigenvalue weighted by molar-refractivity contribution is 9.10. The Morgan fingerprint density at radius 3 is 1.96 bits per heavy atom. The van der Waals surface area contributed by atoms with E-state index in [1.807, 2.05) is 0 Å². The molecule has 2 rings (SSSR count). The van der Waals surface area contributed by atoms with Gasteiger partial charge in [0, 0.05) is 16.9 Å². The molecule has 1 aliphatic heterocycles. The van der Waals surface area contributed by atoms with E-state index in [0.717, 1.165) is 36.9 Å². The van der Waals surface area contributed by atoms with Crippen molar-refractivity contribution in [1.29, 1.82) is 0 Å². The molecule has 0 bridgehead atoms. The average molecular weight is 387 g/mol. The number of amides is 1. The minimum absolute atomic E-state index is 0.0798. The normalized spacial score (nSPS) is 15.3. The first-order valence-electron chi connectivity index (χ1n) is 7.02. The molecular formula is C15H19BrN2O5. The van der Waals surface area contributed by atoms with E-state index in [9.17, 15) is 4.79 Å². The van der Waals surface area contributed by atoms with Crippen molar-refractivity contribution in [1.82, 2.24) is 4.90 Å². The van der Waals surface area contributed by atoms with Crippen LogP contribution in [0.25, 0.3) is 0 Å². The van der Waals surface area contributed by atoms with Crippen molar-refractivity contribution < 1.29 is 24.6 Å². The molecule has 1 aromatic carbocycles. The highest BCUT2D eigenvalue weighted by Crippen LogP contribution is 2.19. The van der Waals surface area contributed by atoms with Crippen LogP contribution in [0.2, 0.25) is 0 Å². The Morgan fingerprint density at radius 1 is 1.09 bits per heavy atom. The van der Waals surface area contributed by atoms with E-state index in [2.05, 4.69) is 45.1 Å². The standard InChI is InChI=1S/C13H17BrN2O.C2H2O4/c14-12-3-1-10(2-4-12)9-16-7-5-11(6-8-16)13(15)17;3-1(4)2(5)6/h1-4,11H,5-9H2,(H2,15,17);(H,3,4)(H,5,6). The van der Waals surface area contributed by atoms with Gasteiger partial charge in [0.05, 0.1) is 0 Å². The zero-order chi connectivity index (χ0) is 17.4. The Kier molecular flexibility index (Phi) is 7.70. The van der Waals surface area contributed by atoms with Gasteiger partial charge in [-0.1, -0.05) is 28.1 Å². The molecule has 7 nitrogen and oxygen atoms in total. The summed E-state index contributed by atoms with van der Waals surface area (Å²) in [4.78, 5) is 31.6. The number of hydrogen-bond acceptors (Lipinski definition) is 4. The Morgan fingerprint density at radius 2 is 1.57 bits per heavy atom. The molecule has 1 saturated heterocycles. The summed E-state index contributed by atoms with van der Waals surface area (Å²) in [5, 5.41) is 14.8. The first-order chi connectivity index (χ1) is 10.8. The molecule has 0 spiro atoms. The van der Waals surface area contributed by atoms with Gasteiger partial charge in [-0.05, 0) is 43.6 Å². The van der Waals surface area contributed by atoms with Crippen LogP contribution in [-0.2, 0) is 20.9 Å². The van der Waals surface area contributed by atoms with Crippen LogP contribution in [0.5, 0.6) is 0 Å². The number of nitrogens with zero attached hydrogens (tertiary/aromatic N) is 1. The van der Waals surface area contributed by atoms with Crippen molar-refractivity contribution >= 4 is 33.8 Å². The summed E-state index contributed by atoms with van der Waals surface area (Å²) < 4.78 is 1.11. The quantitative estimate of drug-likeness (QED) is 0.673. The van der Waals surface area contributed by atoms with E-state index < -0.39 is 11.9 Å². The number of hydrogen-bond donors (Lipinski definition) is 3. The molecule has 4 N–H and O–H groups in total. The SMILES string of the molecule is NC(=O)C1CCN(Cc2ccc(Br)cc2)CC1.O=C(O)C(=O)O. The smallest absolute Gasteiger partial charge is 0.414 e. The molecule has 0 radical (unpaired) electrons. The van der Waals surface area contributed by atoms with Crippen LogP contribution in [0.15, 0.2) is 28.7 Å². The van der Waals surface area contributed by atoms with Crippen LogP contribution in [0.1, 0.15) is 18.4 Å². The number of carbonyl (C=O) groups is 3. The van der Waals surface area contributed by atoms with Crippen molar-refractivity contribution in [3.63, 3.8) is 0 Å². The number of rotatable bonds is 3. The van der Waals surface area contributed by atoms with Crippen LogP contribution in [0, 0.1) is 5.92 Å². The number of carboxylic acids is 2. The van der Waals surface area contributed by atoms with Crippen LogP contribution in [-0.4, -0.2) is 46.0 Å². The Labute approximate surface area is 142 Å². The van der Waals surface area contributed by atoms with Gasteiger partial charge >= 0.3 is 11.9 Å². The lowest BCUT2D eigenvalue weighted by Crippen LogP contribution is -2.38. The Bertz CT molecular complexity index is 541. The van der Waals surface area contributed by atoms with Gasteiger partial charge in [-0.15, -0.1) is 0 Å². The summed E-state index contributed by atoms with van der Waals surface area (Å²) in [6.07, 6.45) is 1.79. The minimum Gasteiger partial charge on any atom is -0.473 e. The summed E-state index contributed by atoms with van der Waals surface area (Å²) in [6, 6.07) is 8.38. The summed E-state index contributed by atoms with van der Waals surface area (Å²) in [6.45, 7) is 2.88. The molecule has 1 amide bonds. The topological polar surface area (TPSA) is 121 Å². The summed E-state index contributed by atoms with van der Waals surface area (Å²) in [7, 11) is 0. The van der Waals surface area contributed by atoms with Crippen molar-refractivity contribution in [2.45, 2.75) is 19.4 Å². The lowest BCUT2D eigenvalue weighted by atomic mass is 9.96. The number of primary amides is 1. The van der Waals surface area contributed by atoms with Crippen LogP contribution in [0.3, 0.4) is 0 Å². The molecule has 0 aromatic heterocycles. The van der Waals surface area contributed by atoms with E-state index in [4.69, 9.17) is 25.5 Å². The fraction of sp³-hybridized carbons (Fsp3) is 0.400. The van der Waals surface area contributed by atoms with Gasteiger partial charge in [0.15, 0.2) is 0 Å². The molecule has 8 heteroatoms. The van der Waals surface area contributed by atoms with Gasteiger partial charge in [-0.2, -0.15) is 0 Å². The number of benzene rings is 1. The van der Waals surface area contributed by atoms with Gasteiger partial charge in [-0.25, -0.2) is 9.59 Å². The van der Waals surface area contributed by atoms with Crippen LogP contribution in [0.4, 0.5) is 0 Å². The maximum Gasteiger partial charge on any atom is 0.414 e. The molecule has 1 aliphatic rings. The lowest BCUT2D eigenvalue weighted by molar-refractivity contribution is -0.159. The highest BCUT2D eigenvalue weighted by atomic mass is 79.9. The van der Waals surface area contributed by atoms with E-state index in [0.29, 0.717) is 0 Å². The summed E-state index contributed by atoms with van der Waals surface area (Å²) >= 11 is 3.43.